The van der Waals surface area contributed by atoms with E-state index in [9.17, 15) is 5.11 Å². The van der Waals surface area contributed by atoms with E-state index < -0.39 is 11.6 Å². The fourth-order valence-electron chi connectivity index (χ4n) is 2.53. The predicted octanol–water partition coefficient (Wildman–Crippen LogP) is 2.69. The zero-order valence-electron chi connectivity index (χ0n) is 18.7. The van der Waals surface area contributed by atoms with Crippen LogP contribution in [0.1, 0.15) is 33.3 Å². The highest BCUT2D eigenvalue weighted by atomic mass is 16.5. The van der Waals surface area contributed by atoms with Gasteiger partial charge < -0.3 is 25.0 Å². The molecule has 0 amide bonds. The van der Waals surface area contributed by atoms with Crippen LogP contribution in [0, 0.1) is 0 Å². The molecule has 3 N–H and O–H groups in total. The number of nitrogens with zero attached hydrogens (tertiary/aromatic N) is 4. The maximum absolute atomic E-state index is 10.3. The molecule has 0 bridgehead atoms. The Bertz CT molecular complexity index is 812. The van der Waals surface area contributed by atoms with Crippen LogP contribution < -0.4 is 14.8 Å². The average molecular weight is 432 g/mol. The molecule has 1 aromatic heterocycles. The lowest BCUT2D eigenvalue weighted by Gasteiger charge is -2.27. The quantitative estimate of drug-likeness (QED) is 0.417. The maximum Gasteiger partial charge on any atom is 0.233 e. The lowest BCUT2D eigenvalue weighted by molar-refractivity contribution is 0.0917. The van der Waals surface area contributed by atoms with Gasteiger partial charge in [0.25, 0.3) is 0 Å². The first-order valence-corrected chi connectivity index (χ1v) is 10.4. The molecular weight excluding hydrogens is 398 g/mol. The van der Waals surface area contributed by atoms with Gasteiger partial charge in [-0.05, 0) is 51.8 Å². The monoisotopic (exact) mass is 431 g/mol. The summed E-state index contributed by atoms with van der Waals surface area (Å²) in [6.07, 6.45) is -0.189. The second kappa shape index (κ2) is 12.3. The number of aromatic nitrogens is 2. The molecule has 1 atom stereocenters. The Morgan fingerprint density at radius 1 is 1.10 bits per heavy atom. The van der Waals surface area contributed by atoms with Crippen LogP contribution in [-0.2, 0) is 6.42 Å². The van der Waals surface area contributed by atoms with Crippen molar-refractivity contribution in [3.8, 4) is 11.6 Å². The molecule has 1 aromatic carbocycles. The predicted molar refractivity (Wildman–Crippen MR) is 118 cm³/mol. The third kappa shape index (κ3) is 9.37. The summed E-state index contributed by atoms with van der Waals surface area (Å²) in [5.41, 5.74) is 0.504. The van der Waals surface area contributed by atoms with Gasteiger partial charge in [-0.3, -0.25) is 0 Å². The molecule has 0 saturated heterocycles. The Labute approximate surface area is 183 Å². The van der Waals surface area contributed by atoms with Crippen molar-refractivity contribution in [2.45, 2.75) is 51.8 Å². The number of ether oxygens (including phenoxy) is 2. The van der Waals surface area contributed by atoms with Crippen LogP contribution in [0.3, 0.4) is 0 Å². The minimum Gasteiger partial charge on any atom is -0.491 e. The first kappa shape index (κ1) is 24.6. The summed E-state index contributed by atoms with van der Waals surface area (Å²) in [6, 6.07) is 11.0. The Hall–Kier alpha value is -2.62. The first-order chi connectivity index (χ1) is 14.8. The lowest BCUT2D eigenvalue weighted by Crippen LogP contribution is -2.48. The van der Waals surface area contributed by atoms with Crippen molar-refractivity contribution in [2.24, 2.45) is 10.2 Å². The zero-order chi connectivity index (χ0) is 22.7. The van der Waals surface area contributed by atoms with Crippen LogP contribution in [0.2, 0.25) is 0 Å². The summed E-state index contributed by atoms with van der Waals surface area (Å²) in [4.78, 5) is 0. The number of benzene rings is 1. The minimum absolute atomic E-state index is 0.0494. The summed E-state index contributed by atoms with van der Waals surface area (Å²) in [5, 5.41) is 38.7. The van der Waals surface area contributed by atoms with Gasteiger partial charge in [0.2, 0.25) is 5.88 Å². The van der Waals surface area contributed by atoms with Crippen molar-refractivity contribution >= 4 is 5.82 Å². The maximum atomic E-state index is 10.3. The minimum atomic E-state index is -0.702. The molecule has 9 heteroatoms. The normalized spacial score (nSPS) is 13.0. The van der Waals surface area contributed by atoms with Crippen molar-refractivity contribution in [1.29, 1.82) is 0 Å². The van der Waals surface area contributed by atoms with Gasteiger partial charge in [0, 0.05) is 24.8 Å². The molecule has 2 rings (SSSR count). The van der Waals surface area contributed by atoms with E-state index in [1.165, 1.54) is 0 Å². The van der Waals surface area contributed by atoms with Crippen molar-refractivity contribution in [2.75, 3.05) is 26.4 Å². The molecule has 0 aliphatic rings. The fraction of sp³-hybridized carbons (Fsp3) is 0.545. The van der Waals surface area contributed by atoms with E-state index in [2.05, 4.69) is 25.7 Å². The number of para-hydroxylation sites is 1. The summed E-state index contributed by atoms with van der Waals surface area (Å²) >= 11 is 0. The van der Waals surface area contributed by atoms with E-state index >= 15 is 0 Å². The summed E-state index contributed by atoms with van der Waals surface area (Å²) in [7, 11) is 0. The Morgan fingerprint density at radius 3 is 2.55 bits per heavy atom. The number of azo groups is 1. The standard InChI is InChI=1S/C22H33N5O4/c1-16(2)24-25-20-9-10-21(27-26-20)31-15-22(3,4)23-13-18(29)14-30-19-8-6-5-7-17(19)11-12-28/h5-10,16,18,23,28-29H,11-15H2,1-4H3. The Morgan fingerprint density at radius 2 is 1.87 bits per heavy atom. The van der Waals surface area contributed by atoms with Crippen molar-refractivity contribution in [3.05, 3.63) is 42.0 Å². The smallest absolute Gasteiger partial charge is 0.233 e. The summed E-state index contributed by atoms with van der Waals surface area (Å²) in [5.74, 6) is 1.50. The molecule has 0 aliphatic carbocycles. The molecule has 2 aromatic rings. The molecule has 0 saturated carbocycles. The molecule has 0 radical (unpaired) electrons. The van der Waals surface area contributed by atoms with E-state index in [0.29, 0.717) is 37.0 Å². The number of aliphatic hydroxyl groups excluding tert-OH is 2. The first-order valence-electron chi connectivity index (χ1n) is 10.4. The molecule has 9 nitrogen and oxygen atoms in total. The number of aliphatic hydroxyl groups is 2. The average Bonchev–Trinajstić information content (AvgIpc) is 2.75. The van der Waals surface area contributed by atoms with Crippen molar-refractivity contribution in [1.82, 2.24) is 15.5 Å². The number of hydrogen-bond acceptors (Lipinski definition) is 9. The molecular formula is C22H33N5O4. The van der Waals surface area contributed by atoms with Crippen LogP contribution >= 0.6 is 0 Å². The Kier molecular flexibility index (Phi) is 9.77. The highest BCUT2D eigenvalue weighted by Gasteiger charge is 2.20. The van der Waals surface area contributed by atoms with Crippen molar-refractivity contribution in [3.63, 3.8) is 0 Å². The van der Waals surface area contributed by atoms with Gasteiger partial charge in [-0.1, -0.05) is 18.2 Å². The van der Waals surface area contributed by atoms with E-state index in [1.807, 2.05) is 52.0 Å². The number of nitrogens with one attached hydrogen (secondary N) is 1. The lowest BCUT2D eigenvalue weighted by atomic mass is 10.1. The highest BCUT2D eigenvalue weighted by Crippen LogP contribution is 2.18. The van der Waals surface area contributed by atoms with Gasteiger partial charge in [0.1, 0.15) is 25.1 Å². The molecule has 0 aliphatic heterocycles. The van der Waals surface area contributed by atoms with Crippen LogP contribution in [0.15, 0.2) is 46.6 Å². The van der Waals surface area contributed by atoms with Gasteiger partial charge in [-0.2, -0.15) is 5.11 Å². The Balaban J connectivity index is 1.75. The van der Waals surface area contributed by atoms with Gasteiger partial charge in [0.05, 0.1) is 6.04 Å². The molecule has 1 unspecified atom stereocenters. The summed E-state index contributed by atoms with van der Waals surface area (Å²) < 4.78 is 11.4. The molecule has 31 heavy (non-hydrogen) atoms. The van der Waals surface area contributed by atoms with Gasteiger partial charge in [-0.15, -0.1) is 15.3 Å². The van der Waals surface area contributed by atoms with Gasteiger partial charge in [-0.25, -0.2) is 0 Å². The van der Waals surface area contributed by atoms with Crippen LogP contribution in [0.4, 0.5) is 5.82 Å². The second-order valence-electron chi connectivity index (χ2n) is 8.14. The molecule has 1 heterocycles. The van der Waals surface area contributed by atoms with Crippen molar-refractivity contribution < 1.29 is 19.7 Å². The van der Waals surface area contributed by atoms with E-state index in [0.717, 1.165) is 5.56 Å². The highest BCUT2D eigenvalue weighted by molar-refractivity contribution is 5.33. The van der Waals surface area contributed by atoms with Gasteiger partial charge in [0.15, 0.2) is 5.82 Å². The fourth-order valence-corrected chi connectivity index (χ4v) is 2.53. The zero-order valence-corrected chi connectivity index (χ0v) is 18.7. The van der Waals surface area contributed by atoms with Crippen LogP contribution in [0.25, 0.3) is 0 Å². The van der Waals surface area contributed by atoms with Crippen LogP contribution in [0.5, 0.6) is 11.6 Å². The molecule has 0 fully saturated rings. The number of rotatable bonds is 13. The summed E-state index contributed by atoms with van der Waals surface area (Å²) in [6.45, 7) is 8.66. The third-order valence-electron chi connectivity index (χ3n) is 4.20. The third-order valence-corrected chi connectivity index (χ3v) is 4.20. The number of β-amino-alcohol motifs (C(OH)–C–C–N with tert-alkyl or cyclic N) is 1. The van der Waals surface area contributed by atoms with E-state index in [4.69, 9.17) is 14.6 Å². The second-order valence-corrected chi connectivity index (χ2v) is 8.14. The molecule has 0 spiro atoms. The largest absolute Gasteiger partial charge is 0.491 e. The molecule has 170 valence electrons. The topological polar surface area (TPSA) is 121 Å². The number of hydrogen-bond donors (Lipinski definition) is 3. The van der Waals surface area contributed by atoms with E-state index in [1.54, 1.807) is 12.1 Å². The van der Waals surface area contributed by atoms with E-state index in [-0.39, 0.29) is 19.3 Å². The SMILES string of the molecule is CC(C)N=Nc1ccc(OCC(C)(C)NCC(O)COc2ccccc2CCO)nn1. The van der Waals surface area contributed by atoms with Gasteiger partial charge >= 0.3 is 0 Å². The van der Waals surface area contributed by atoms with Crippen LogP contribution in [-0.4, -0.2) is 64.5 Å².